The molecule has 0 bridgehead atoms. The predicted octanol–water partition coefficient (Wildman–Crippen LogP) is 5.26. The first-order valence-electron chi connectivity index (χ1n) is 8.48. The van der Waals surface area contributed by atoms with Gasteiger partial charge in [0.1, 0.15) is 5.75 Å². The molecule has 2 aromatic rings. The van der Waals surface area contributed by atoms with Gasteiger partial charge < -0.3 is 4.74 Å². The van der Waals surface area contributed by atoms with E-state index in [-0.39, 0.29) is 11.8 Å². The normalized spacial score (nSPS) is 17.4. The number of hydrogen-bond donors (Lipinski definition) is 0. The molecule has 0 aliphatic carbocycles. The van der Waals surface area contributed by atoms with Crippen molar-refractivity contribution in [3.63, 3.8) is 0 Å². The van der Waals surface area contributed by atoms with Crippen LogP contribution in [0.3, 0.4) is 0 Å². The van der Waals surface area contributed by atoms with E-state index in [0.717, 1.165) is 24.2 Å². The number of rotatable bonds is 5. The Hall–Kier alpha value is -2.01. The second kappa shape index (κ2) is 7.08. The van der Waals surface area contributed by atoms with Gasteiger partial charge in [0.2, 0.25) is 0 Å². The molecular formula is C20H22F3NO. The molecule has 1 aliphatic heterocycles. The van der Waals surface area contributed by atoms with Crippen molar-refractivity contribution < 1.29 is 17.9 Å². The summed E-state index contributed by atoms with van der Waals surface area (Å²) in [5.41, 5.74) is 1.89. The van der Waals surface area contributed by atoms with E-state index in [4.69, 9.17) is 0 Å². The molecular weight excluding hydrogens is 327 g/mol. The maximum absolute atomic E-state index is 12.5. The largest absolute Gasteiger partial charge is 0.573 e. The van der Waals surface area contributed by atoms with Crippen LogP contribution in [0.15, 0.2) is 54.6 Å². The van der Waals surface area contributed by atoms with Crippen molar-refractivity contribution in [2.45, 2.75) is 26.3 Å². The van der Waals surface area contributed by atoms with E-state index >= 15 is 0 Å². The first-order valence-corrected chi connectivity index (χ1v) is 8.48. The Morgan fingerprint density at radius 1 is 0.960 bits per heavy atom. The number of likely N-dealkylation sites (tertiary alicyclic amines) is 1. The third kappa shape index (κ3) is 4.34. The van der Waals surface area contributed by atoms with Gasteiger partial charge in [-0.05, 0) is 35.1 Å². The van der Waals surface area contributed by atoms with Gasteiger partial charge >= 0.3 is 6.36 Å². The zero-order valence-electron chi connectivity index (χ0n) is 14.3. The monoisotopic (exact) mass is 349 g/mol. The minimum atomic E-state index is -4.68. The summed E-state index contributed by atoms with van der Waals surface area (Å²) in [7, 11) is 0. The molecule has 3 rings (SSSR count). The summed E-state index contributed by atoms with van der Waals surface area (Å²) in [4.78, 5) is 2.31. The Morgan fingerprint density at radius 2 is 1.60 bits per heavy atom. The van der Waals surface area contributed by atoms with Crippen LogP contribution in [0.2, 0.25) is 0 Å². The van der Waals surface area contributed by atoms with Gasteiger partial charge in [0.15, 0.2) is 0 Å². The van der Waals surface area contributed by atoms with Gasteiger partial charge in [-0.2, -0.15) is 0 Å². The number of nitrogens with zero attached hydrogens (tertiary/aromatic N) is 1. The van der Waals surface area contributed by atoms with Crippen LogP contribution in [0.5, 0.6) is 5.75 Å². The lowest BCUT2D eigenvalue weighted by Crippen LogP contribution is -2.50. The lowest BCUT2D eigenvalue weighted by molar-refractivity contribution is -0.274. The number of benzene rings is 2. The Kier molecular flexibility index (Phi) is 5.04. The third-order valence-corrected chi connectivity index (χ3v) is 4.77. The smallest absolute Gasteiger partial charge is 0.406 e. The minimum absolute atomic E-state index is 0.0621. The zero-order chi connectivity index (χ0) is 18.0. The molecule has 0 N–H and O–H groups in total. The van der Waals surface area contributed by atoms with E-state index in [9.17, 15) is 13.2 Å². The van der Waals surface area contributed by atoms with E-state index in [1.807, 2.05) is 36.4 Å². The van der Waals surface area contributed by atoms with E-state index in [1.54, 1.807) is 6.07 Å². The highest BCUT2D eigenvalue weighted by atomic mass is 19.4. The average Bonchev–Trinajstić information content (AvgIpc) is 2.49. The molecule has 1 aliphatic rings. The number of hydrogen-bond acceptors (Lipinski definition) is 2. The van der Waals surface area contributed by atoms with Crippen LogP contribution in [-0.4, -0.2) is 24.4 Å². The van der Waals surface area contributed by atoms with Gasteiger partial charge in [0.05, 0.1) is 6.04 Å². The van der Waals surface area contributed by atoms with Crippen molar-refractivity contribution in [2.75, 3.05) is 13.1 Å². The van der Waals surface area contributed by atoms with Crippen molar-refractivity contribution in [1.29, 1.82) is 0 Å². The molecule has 2 nitrogen and oxygen atoms in total. The van der Waals surface area contributed by atoms with Crippen LogP contribution in [0.1, 0.15) is 31.0 Å². The van der Waals surface area contributed by atoms with Crippen molar-refractivity contribution in [2.24, 2.45) is 11.8 Å². The quantitative estimate of drug-likeness (QED) is 0.730. The van der Waals surface area contributed by atoms with E-state index < -0.39 is 6.36 Å². The second-order valence-electron chi connectivity index (χ2n) is 6.89. The minimum Gasteiger partial charge on any atom is -0.406 e. The van der Waals surface area contributed by atoms with Crippen LogP contribution in [0.25, 0.3) is 0 Å². The molecule has 134 valence electrons. The lowest BCUT2D eigenvalue weighted by Gasteiger charge is -2.46. The average molecular weight is 349 g/mol. The van der Waals surface area contributed by atoms with Gasteiger partial charge in [-0.25, -0.2) is 0 Å². The molecule has 1 unspecified atom stereocenters. The highest BCUT2D eigenvalue weighted by Crippen LogP contribution is 2.38. The summed E-state index contributed by atoms with van der Waals surface area (Å²) in [5, 5.41) is 0. The molecule has 2 aromatic carbocycles. The summed E-state index contributed by atoms with van der Waals surface area (Å²) in [6.45, 7) is 6.30. The second-order valence-corrected chi connectivity index (χ2v) is 6.89. The van der Waals surface area contributed by atoms with Gasteiger partial charge in [-0.15, -0.1) is 13.2 Å². The molecule has 1 fully saturated rings. The van der Waals surface area contributed by atoms with Gasteiger partial charge in [-0.1, -0.05) is 56.3 Å². The van der Waals surface area contributed by atoms with Crippen molar-refractivity contribution in [1.82, 2.24) is 4.90 Å². The summed E-state index contributed by atoms with van der Waals surface area (Å²) >= 11 is 0. The predicted molar refractivity (Wildman–Crippen MR) is 91.3 cm³/mol. The molecule has 1 heterocycles. The maximum atomic E-state index is 12.5. The Balaban J connectivity index is 1.89. The fraction of sp³-hybridized carbons (Fsp3) is 0.400. The molecule has 1 atom stereocenters. The third-order valence-electron chi connectivity index (χ3n) is 4.77. The lowest BCUT2D eigenvalue weighted by atomic mass is 9.84. The van der Waals surface area contributed by atoms with Crippen LogP contribution in [0.4, 0.5) is 13.2 Å². The number of alkyl halides is 3. The van der Waals surface area contributed by atoms with Crippen LogP contribution in [0, 0.1) is 11.8 Å². The van der Waals surface area contributed by atoms with Crippen molar-refractivity contribution >= 4 is 0 Å². The maximum Gasteiger partial charge on any atom is 0.573 e. The van der Waals surface area contributed by atoms with Gasteiger partial charge in [-0.3, -0.25) is 4.90 Å². The highest BCUT2D eigenvalue weighted by molar-refractivity contribution is 5.37. The van der Waals surface area contributed by atoms with Crippen molar-refractivity contribution in [3.05, 3.63) is 65.7 Å². The Labute approximate surface area is 146 Å². The summed E-state index contributed by atoms with van der Waals surface area (Å²) < 4.78 is 41.7. The SMILES string of the molecule is CC(C)C1CN(C(c2ccccc2)c2cccc(OC(F)(F)F)c2)C1. The highest BCUT2D eigenvalue weighted by Gasteiger charge is 2.36. The van der Waals surface area contributed by atoms with E-state index in [2.05, 4.69) is 23.5 Å². The molecule has 0 amide bonds. The number of ether oxygens (including phenoxy) is 1. The first-order chi connectivity index (χ1) is 11.8. The molecule has 1 saturated heterocycles. The Morgan fingerprint density at radius 3 is 2.20 bits per heavy atom. The fourth-order valence-electron chi connectivity index (χ4n) is 3.31. The van der Waals surface area contributed by atoms with Crippen LogP contribution in [-0.2, 0) is 0 Å². The molecule has 5 heteroatoms. The molecule has 0 aromatic heterocycles. The summed E-state index contributed by atoms with van der Waals surface area (Å²) in [5.74, 6) is 1.06. The van der Waals surface area contributed by atoms with E-state index in [1.165, 1.54) is 12.1 Å². The molecule has 0 saturated carbocycles. The van der Waals surface area contributed by atoms with E-state index in [0.29, 0.717) is 11.8 Å². The number of halogens is 3. The molecule has 0 radical (unpaired) electrons. The molecule has 25 heavy (non-hydrogen) atoms. The van der Waals surface area contributed by atoms with Crippen LogP contribution < -0.4 is 4.74 Å². The Bertz CT molecular complexity index is 694. The van der Waals surface area contributed by atoms with Crippen molar-refractivity contribution in [3.8, 4) is 5.75 Å². The topological polar surface area (TPSA) is 12.5 Å². The summed E-state index contributed by atoms with van der Waals surface area (Å²) in [6, 6.07) is 16.1. The van der Waals surface area contributed by atoms with Gasteiger partial charge in [0.25, 0.3) is 0 Å². The standard InChI is InChI=1S/C20H22F3NO/c1-14(2)17-12-24(13-17)19(15-7-4-3-5-8-15)16-9-6-10-18(11-16)25-20(21,22)23/h3-11,14,17,19H,12-13H2,1-2H3. The zero-order valence-corrected chi connectivity index (χ0v) is 14.3. The first kappa shape index (κ1) is 17.8. The van der Waals surface area contributed by atoms with Crippen LogP contribution >= 0.6 is 0 Å². The summed E-state index contributed by atoms with van der Waals surface area (Å²) in [6.07, 6.45) is -4.68. The fourth-order valence-corrected chi connectivity index (χ4v) is 3.31. The van der Waals surface area contributed by atoms with Gasteiger partial charge in [0, 0.05) is 13.1 Å². The molecule has 0 spiro atoms.